The van der Waals surface area contributed by atoms with Crippen LogP contribution in [0.15, 0.2) is 29.2 Å². The standard InChI is InChI=1S/C13H22N4O2S/c1-17(2)13(8-3-9-13)10-15-20(18,19)12-6-4-11(16-14)5-7-12/h4-7,15-16H,3,8-10,14H2,1-2H3. The van der Waals surface area contributed by atoms with Crippen LogP contribution in [-0.4, -0.2) is 39.5 Å². The molecule has 6 nitrogen and oxygen atoms in total. The zero-order chi connectivity index (χ0) is 14.8. The van der Waals surface area contributed by atoms with Crippen molar-refractivity contribution in [1.82, 2.24) is 9.62 Å². The Balaban J connectivity index is 2.07. The quantitative estimate of drug-likeness (QED) is 0.532. The van der Waals surface area contributed by atoms with E-state index in [2.05, 4.69) is 15.0 Å². The first-order valence-corrected chi connectivity index (χ1v) is 8.12. The Labute approximate surface area is 120 Å². The van der Waals surface area contributed by atoms with E-state index in [0.717, 1.165) is 19.3 Å². The van der Waals surface area contributed by atoms with Crippen LogP contribution in [0.25, 0.3) is 0 Å². The van der Waals surface area contributed by atoms with Gasteiger partial charge in [-0.3, -0.25) is 5.84 Å². The molecule has 4 N–H and O–H groups in total. The first-order chi connectivity index (χ1) is 9.39. The van der Waals surface area contributed by atoms with Gasteiger partial charge in [0.25, 0.3) is 0 Å². The van der Waals surface area contributed by atoms with Crippen LogP contribution in [0.2, 0.25) is 0 Å². The molecular formula is C13H22N4O2S. The summed E-state index contributed by atoms with van der Waals surface area (Å²) in [6, 6.07) is 6.36. The predicted octanol–water partition coefficient (Wildman–Crippen LogP) is 0.735. The van der Waals surface area contributed by atoms with Crippen molar-refractivity contribution in [1.29, 1.82) is 0 Å². The summed E-state index contributed by atoms with van der Waals surface area (Å²) in [6.45, 7) is 0.444. The molecule has 0 unspecified atom stereocenters. The zero-order valence-electron chi connectivity index (χ0n) is 11.9. The van der Waals surface area contributed by atoms with Crippen LogP contribution < -0.4 is 16.0 Å². The third-order valence-corrected chi connectivity index (χ3v) is 5.57. The Morgan fingerprint density at radius 3 is 2.25 bits per heavy atom. The van der Waals surface area contributed by atoms with Gasteiger partial charge in [-0.25, -0.2) is 13.1 Å². The Kier molecular flexibility index (Phi) is 4.33. The number of nitrogens with zero attached hydrogens (tertiary/aromatic N) is 1. The molecule has 0 heterocycles. The molecule has 112 valence electrons. The molecule has 0 amide bonds. The van der Waals surface area contributed by atoms with Crippen molar-refractivity contribution >= 4 is 15.7 Å². The molecule has 0 aliphatic heterocycles. The van der Waals surface area contributed by atoms with Crippen molar-refractivity contribution in [2.75, 3.05) is 26.1 Å². The highest BCUT2D eigenvalue weighted by atomic mass is 32.2. The molecule has 0 saturated heterocycles. The predicted molar refractivity (Wildman–Crippen MR) is 79.7 cm³/mol. The van der Waals surface area contributed by atoms with Crippen LogP contribution in [0.3, 0.4) is 0 Å². The second kappa shape index (κ2) is 5.69. The monoisotopic (exact) mass is 298 g/mol. The fourth-order valence-electron chi connectivity index (χ4n) is 2.41. The van der Waals surface area contributed by atoms with E-state index < -0.39 is 10.0 Å². The van der Waals surface area contributed by atoms with E-state index in [0.29, 0.717) is 12.2 Å². The summed E-state index contributed by atoms with van der Waals surface area (Å²) in [4.78, 5) is 2.37. The zero-order valence-corrected chi connectivity index (χ0v) is 12.7. The van der Waals surface area contributed by atoms with Crippen LogP contribution in [-0.2, 0) is 10.0 Å². The second-order valence-electron chi connectivity index (χ2n) is 5.47. The molecule has 0 atom stereocenters. The molecule has 0 aromatic heterocycles. The SMILES string of the molecule is CN(C)C1(CNS(=O)(=O)c2ccc(NN)cc2)CCC1. The van der Waals surface area contributed by atoms with E-state index in [1.54, 1.807) is 24.3 Å². The fourth-order valence-corrected chi connectivity index (χ4v) is 3.53. The Morgan fingerprint density at radius 1 is 1.25 bits per heavy atom. The van der Waals surface area contributed by atoms with E-state index in [1.807, 2.05) is 14.1 Å². The lowest BCUT2D eigenvalue weighted by Crippen LogP contribution is -2.57. The number of likely N-dealkylation sites (N-methyl/N-ethyl adjacent to an activating group) is 1. The van der Waals surface area contributed by atoms with Gasteiger partial charge in [0.05, 0.1) is 4.90 Å². The highest BCUT2D eigenvalue weighted by molar-refractivity contribution is 7.89. The summed E-state index contributed by atoms with van der Waals surface area (Å²) in [6.07, 6.45) is 3.20. The molecule has 0 bridgehead atoms. The van der Waals surface area contributed by atoms with Gasteiger partial charge in [0, 0.05) is 17.8 Å². The summed E-state index contributed by atoms with van der Waals surface area (Å²) >= 11 is 0. The number of hydrogen-bond donors (Lipinski definition) is 3. The number of hydrogen-bond acceptors (Lipinski definition) is 5. The van der Waals surface area contributed by atoms with Crippen molar-refractivity contribution in [2.24, 2.45) is 5.84 Å². The van der Waals surface area contributed by atoms with Crippen LogP contribution >= 0.6 is 0 Å². The molecule has 2 rings (SSSR count). The number of rotatable bonds is 6. The molecule has 1 saturated carbocycles. The average Bonchev–Trinajstić information content (AvgIpc) is 2.37. The molecule has 1 aromatic carbocycles. The number of sulfonamides is 1. The van der Waals surface area contributed by atoms with E-state index >= 15 is 0 Å². The maximum Gasteiger partial charge on any atom is 0.240 e. The molecular weight excluding hydrogens is 276 g/mol. The lowest BCUT2D eigenvalue weighted by atomic mass is 9.76. The first kappa shape index (κ1) is 15.2. The first-order valence-electron chi connectivity index (χ1n) is 6.63. The number of nitrogens with one attached hydrogen (secondary N) is 2. The van der Waals surface area contributed by atoms with Crippen molar-refractivity contribution in [3.05, 3.63) is 24.3 Å². The summed E-state index contributed by atoms with van der Waals surface area (Å²) < 4.78 is 27.2. The van der Waals surface area contributed by atoms with Crippen LogP contribution in [0.1, 0.15) is 19.3 Å². The van der Waals surface area contributed by atoms with Gasteiger partial charge in [-0.15, -0.1) is 0 Å². The molecule has 20 heavy (non-hydrogen) atoms. The summed E-state index contributed by atoms with van der Waals surface area (Å²) in [5.74, 6) is 5.26. The third kappa shape index (κ3) is 2.95. The highest BCUT2D eigenvalue weighted by Crippen LogP contribution is 2.35. The number of nitrogen functional groups attached to an aromatic ring is 1. The number of anilines is 1. The van der Waals surface area contributed by atoms with Gasteiger partial charge in [-0.1, -0.05) is 0 Å². The van der Waals surface area contributed by atoms with E-state index in [4.69, 9.17) is 5.84 Å². The Bertz CT molecular complexity index is 550. The maximum atomic E-state index is 12.3. The molecule has 7 heteroatoms. The smallest absolute Gasteiger partial charge is 0.240 e. The largest absolute Gasteiger partial charge is 0.324 e. The minimum absolute atomic E-state index is 0.0359. The molecule has 1 aliphatic rings. The molecule has 0 radical (unpaired) electrons. The van der Waals surface area contributed by atoms with Crippen LogP contribution in [0.4, 0.5) is 5.69 Å². The topological polar surface area (TPSA) is 87.5 Å². The average molecular weight is 298 g/mol. The van der Waals surface area contributed by atoms with Crippen molar-refractivity contribution < 1.29 is 8.42 Å². The van der Waals surface area contributed by atoms with E-state index in [9.17, 15) is 8.42 Å². The number of nitrogens with two attached hydrogens (primary N) is 1. The lowest BCUT2D eigenvalue weighted by molar-refractivity contribution is 0.0657. The van der Waals surface area contributed by atoms with Crippen LogP contribution in [0, 0.1) is 0 Å². The van der Waals surface area contributed by atoms with Crippen molar-refractivity contribution in [3.8, 4) is 0 Å². The van der Waals surface area contributed by atoms with Crippen molar-refractivity contribution in [3.63, 3.8) is 0 Å². The molecule has 1 aromatic rings. The third-order valence-electron chi connectivity index (χ3n) is 4.16. The minimum atomic E-state index is -3.47. The second-order valence-corrected chi connectivity index (χ2v) is 7.23. The van der Waals surface area contributed by atoms with E-state index in [1.165, 1.54) is 0 Å². The molecule has 0 spiro atoms. The highest BCUT2D eigenvalue weighted by Gasteiger charge is 2.39. The fraction of sp³-hybridized carbons (Fsp3) is 0.538. The summed E-state index contributed by atoms with van der Waals surface area (Å²) in [5.41, 5.74) is 3.11. The number of benzene rings is 1. The van der Waals surface area contributed by atoms with Gasteiger partial charge in [0.1, 0.15) is 0 Å². The molecule has 1 aliphatic carbocycles. The van der Waals surface area contributed by atoms with E-state index in [-0.39, 0.29) is 10.4 Å². The lowest BCUT2D eigenvalue weighted by Gasteiger charge is -2.47. The van der Waals surface area contributed by atoms with Gasteiger partial charge in [0.2, 0.25) is 10.0 Å². The molecule has 1 fully saturated rings. The Hall–Kier alpha value is -1.15. The van der Waals surface area contributed by atoms with Gasteiger partial charge in [-0.2, -0.15) is 0 Å². The Morgan fingerprint density at radius 2 is 1.85 bits per heavy atom. The van der Waals surface area contributed by atoms with Gasteiger partial charge in [0.15, 0.2) is 0 Å². The van der Waals surface area contributed by atoms with Gasteiger partial charge in [-0.05, 0) is 57.6 Å². The number of hydrazine groups is 1. The van der Waals surface area contributed by atoms with Gasteiger partial charge >= 0.3 is 0 Å². The normalized spacial score (nSPS) is 17.8. The summed E-state index contributed by atoms with van der Waals surface area (Å²) in [7, 11) is 0.517. The van der Waals surface area contributed by atoms with Crippen molar-refractivity contribution in [2.45, 2.75) is 29.7 Å². The summed E-state index contributed by atoms with van der Waals surface area (Å²) in [5, 5.41) is 0. The van der Waals surface area contributed by atoms with Gasteiger partial charge < -0.3 is 10.3 Å². The van der Waals surface area contributed by atoms with Crippen LogP contribution in [0.5, 0.6) is 0 Å². The minimum Gasteiger partial charge on any atom is -0.324 e. The maximum absolute atomic E-state index is 12.3.